The number of carbonyl (C=O) groups is 1. The van der Waals surface area contributed by atoms with E-state index in [0.29, 0.717) is 23.5 Å². The molecule has 0 spiro atoms. The van der Waals surface area contributed by atoms with Gasteiger partial charge in [0.2, 0.25) is 0 Å². The van der Waals surface area contributed by atoms with Crippen molar-refractivity contribution >= 4 is 21.4 Å². The molecule has 0 radical (unpaired) electrons. The molecule has 1 aromatic heterocycles. The van der Waals surface area contributed by atoms with Crippen LogP contribution in [-0.2, 0) is 22.7 Å². The Bertz CT molecular complexity index is 1240. The van der Waals surface area contributed by atoms with E-state index in [-0.39, 0.29) is 24.0 Å². The van der Waals surface area contributed by atoms with Crippen LogP contribution >= 0.6 is 0 Å². The second kappa shape index (κ2) is 8.50. The van der Waals surface area contributed by atoms with Crippen LogP contribution < -0.4 is 10.1 Å². The van der Waals surface area contributed by atoms with Crippen LogP contribution in [0.5, 0.6) is 5.75 Å². The Morgan fingerprint density at radius 1 is 1.19 bits per heavy atom. The van der Waals surface area contributed by atoms with Crippen molar-refractivity contribution in [2.75, 3.05) is 23.9 Å². The molecule has 4 rings (SSSR count). The van der Waals surface area contributed by atoms with Gasteiger partial charge in [0.25, 0.3) is 5.91 Å². The average molecular weight is 444 g/mol. The van der Waals surface area contributed by atoms with Crippen molar-refractivity contribution in [2.45, 2.75) is 19.3 Å². The summed E-state index contributed by atoms with van der Waals surface area (Å²) in [6, 6.07) is 13.1. The lowest BCUT2D eigenvalue weighted by Gasteiger charge is -2.09. The molecule has 31 heavy (non-hydrogen) atoms. The first-order valence-corrected chi connectivity index (χ1v) is 12.0. The number of sulfone groups is 1. The van der Waals surface area contributed by atoms with Gasteiger partial charge < -0.3 is 10.1 Å². The third kappa shape index (κ3) is 4.77. The Hall–Kier alpha value is -3.20. The normalized spacial score (nSPS) is 13.1. The fourth-order valence-corrected chi connectivity index (χ4v) is 3.99. The summed E-state index contributed by atoms with van der Waals surface area (Å²) in [5.41, 5.74) is 2.78. The third-order valence-electron chi connectivity index (χ3n) is 5.04. The van der Waals surface area contributed by atoms with Gasteiger partial charge in [-0.3, -0.25) is 4.79 Å². The molecule has 0 bridgehead atoms. The van der Waals surface area contributed by atoms with E-state index in [9.17, 15) is 17.6 Å². The van der Waals surface area contributed by atoms with Crippen LogP contribution in [0.15, 0.2) is 48.5 Å². The molecule has 9 heteroatoms. The van der Waals surface area contributed by atoms with Gasteiger partial charge in [0.05, 0.1) is 5.75 Å². The van der Waals surface area contributed by atoms with Crippen LogP contribution in [-0.4, -0.2) is 42.7 Å². The SMILES string of the molecule is CS(=O)(=O)CCOc1cccc(NC(=O)c2nn(-c3ccccc3F)c3c2CCC3)c1. The zero-order chi connectivity index (χ0) is 22.0. The Balaban J connectivity index is 1.54. The van der Waals surface area contributed by atoms with Crippen LogP contribution in [0.3, 0.4) is 0 Å². The highest BCUT2D eigenvalue weighted by Crippen LogP contribution is 2.29. The Morgan fingerprint density at radius 2 is 2.00 bits per heavy atom. The summed E-state index contributed by atoms with van der Waals surface area (Å²) in [5.74, 6) is -0.431. The van der Waals surface area contributed by atoms with Crippen LogP contribution in [0.4, 0.5) is 10.1 Å². The minimum atomic E-state index is -3.12. The first-order valence-electron chi connectivity index (χ1n) is 9.89. The van der Waals surface area contributed by atoms with Crippen molar-refractivity contribution in [3.63, 3.8) is 0 Å². The third-order valence-corrected chi connectivity index (χ3v) is 5.95. The number of benzene rings is 2. The highest BCUT2D eigenvalue weighted by Gasteiger charge is 2.27. The maximum atomic E-state index is 14.3. The van der Waals surface area contributed by atoms with Crippen molar-refractivity contribution in [2.24, 2.45) is 0 Å². The summed E-state index contributed by atoms with van der Waals surface area (Å²) in [4.78, 5) is 13.0. The molecule has 2 aromatic carbocycles. The number of para-hydroxylation sites is 1. The molecule has 0 fully saturated rings. The summed E-state index contributed by atoms with van der Waals surface area (Å²) in [6.45, 7) is 0.0246. The fraction of sp³-hybridized carbons (Fsp3) is 0.273. The molecule has 1 amide bonds. The molecule has 0 unspecified atom stereocenters. The van der Waals surface area contributed by atoms with E-state index in [0.717, 1.165) is 30.4 Å². The fourth-order valence-electron chi connectivity index (χ4n) is 3.61. The number of hydrogen-bond acceptors (Lipinski definition) is 5. The van der Waals surface area contributed by atoms with Crippen LogP contribution in [0.25, 0.3) is 5.69 Å². The summed E-state index contributed by atoms with van der Waals surface area (Å²) in [7, 11) is -3.12. The van der Waals surface area contributed by atoms with E-state index in [1.54, 1.807) is 42.5 Å². The van der Waals surface area contributed by atoms with E-state index in [1.165, 1.54) is 10.7 Å². The summed E-state index contributed by atoms with van der Waals surface area (Å²) in [6.07, 6.45) is 3.46. The van der Waals surface area contributed by atoms with Crippen LogP contribution in [0.2, 0.25) is 0 Å². The summed E-state index contributed by atoms with van der Waals surface area (Å²) >= 11 is 0. The smallest absolute Gasteiger partial charge is 0.276 e. The van der Waals surface area contributed by atoms with Crippen molar-refractivity contribution in [1.82, 2.24) is 9.78 Å². The number of aromatic nitrogens is 2. The van der Waals surface area contributed by atoms with Gasteiger partial charge in [-0.25, -0.2) is 17.5 Å². The van der Waals surface area contributed by atoms with Crippen molar-refractivity contribution in [1.29, 1.82) is 0 Å². The minimum absolute atomic E-state index is 0.0246. The molecule has 7 nitrogen and oxygen atoms in total. The lowest BCUT2D eigenvalue weighted by Crippen LogP contribution is -2.15. The number of ether oxygens (including phenoxy) is 1. The molecular formula is C22H22FN3O4S. The van der Waals surface area contributed by atoms with E-state index >= 15 is 0 Å². The maximum Gasteiger partial charge on any atom is 0.276 e. The number of rotatable bonds is 7. The van der Waals surface area contributed by atoms with Gasteiger partial charge >= 0.3 is 0 Å². The molecule has 0 atom stereocenters. The molecular weight excluding hydrogens is 421 g/mol. The predicted octanol–water partition coefficient (Wildman–Crippen LogP) is 3.18. The molecule has 162 valence electrons. The molecule has 1 heterocycles. The van der Waals surface area contributed by atoms with E-state index in [1.807, 2.05) is 0 Å². The van der Waals surface area contributed by atoms with E-state index < -0.39 is 15.7 Å². The molecule has 0 aliphatic heterocycles. The Morgan fingerprint density at radius 3 is 2.77 bits per heavy atom. The van der Waals surface area contributed by atoms with E-state index in [4.69, 9.17) is 4.74 Å². The maximum absolute atomic E-state index is 14.3. The first kappa shape index (κ1) is 21.0. The van der Waals surface area contributed by atoms with Crippen molar-refractivity contribution in [3.8, 4) is 11.4 Å². The monoisotopic (exact) mass is 443 g/mol. The predicted molar refractivity (Wildman–Crippen MR) is 115 cm³/mol. The number of nitrogens with one attached hydrogen (secondary N) is 1. The lowest BCUT2D eigenvalue weighted by molar-refractivity contribution is 0.102. The number of hydrogen-bond donors (Lipinski definition) is 1. The second-order valence-electron chi connectivity index (χ2n) is 7.45. The van der Waals surface area contributed by atoms with Crippen LogP contribution in [0.1, 0.15) is 28.2 Å². The largest absolute Gasteiger partial charge is 0.492 e. The first-order chi connectivity index (χ1) is 14.8. The number of amides is 1. The van der Waals surface area contributed by atoms with Crippen molar-refractivity contribution < 1.29 is 22.3 Å². The highest BCUT2D eigenvalue weighted by molar-refractivity contribution is 7.90. The lowest BCUT2D eigenvalue weighted by atomic mass is 10.2. The molecule has 1 aliphatic rings. The zero-order valence-electron chi connectivity index (χ0n) is 17.0. The molecule has 0 saturated carbocycles. The molecule has 1 N–H and O–H groups in total. The summed E-state index contributed by atoms with van der Waals surface area (Å²) in [5, 5.41) is 7.23. The Labute approximate surface area is 179 Å². The highest BCUT2D eigenvalue weighted by atomic mass is 32.2. The van der Waals surface area contributed by atoms with Gasteiger partial charge in [-0.1, -0.05) is 18.2 Å². The molecule has 0 saturated heterocycles. The second-order valence-corrected chi connectivity index (χ2v) is 9.71. The minimum Gasteiger partial charge on any atom is -0.492 e. The zero-order valence-corrected chi connectivity index (χ0v) is 17.8. The number of carbonyl (C=O) groups excluding carboxylic acids is 1. The van der Waals surface area contributed by atoms with Crippen LogP contribution in [0, 0.1) is 5.82 Å². The van der Waals surface area contributed by atoms with Gasteiger partial charge in [-0.15, -0.1) is 0 Å². The number of nitrogens with zero attached hydrogens (tertiary/aromatic N) is 2. The number of anilines is 1. The summed E-state index contributed by atoms with van der Waals surface area (Å²) < 4.78 is 43.8. The number of halogens is 1. The molecule has 3 aromatic rings. The van der Waals surface area contributed by atoms with Crippen molar-refractivity contribution in [3.05, 3.63) is 71.3 Å². The topological polar surface area (TPSA) is 90.3 Å². The van der Waals surface area contributed by atoms with Gasteiger partial charge in [0, 0.05) is 29.3 Å². The quantitative estimate of drug-likeness (QED) is 0.606. The number of fused-ring (bicyclic) bond motifs is 1. The average Bonchev–Trinajstić information content (AvgIpc) is 3.30. The van der Waals surface area contributed by atoms with E-state index in [2.05, 4.69) is 10.4 Å². The van der Waals surface area contributed by atoms with Gasteiger partial charge in [-0.2, -0.15) is 5.10 Å². The Kier molecular flexibility index (Phi) is 5.77. The molecule has 1 aliphatic carbocycles. The van der Waals surface area contributed by atoms with Gasteiger partial charge in [0.15, 0.2) is 15.5 Å². The standard InChI is InChI=1S/C22H22FN3O4S/c1-31(28,29)13-12-30-16-7-4-6-15(14-16)24-22(27)21-17-8-5-11-19(17)26(25-21)20-10-3-2-9-18(20)23/h2-4,6-7,9-10,14H,5,8,11-13H2,1H3,(H,24,27). The van der Waals surface area contributed by atoms with Gasteiger partial charge in [-0.05, 0) is 43.5 Å². The van der Waals surface area contributed by atoms with Gasteiger partial charge in [0.1, 0.15) is 23.9 Å².